The zero-order valence-corrected chi connectivity index (χ0v) is 16.9. The van der Waals surface area contributed by atoms with Gasteiger partial charge >= 0.3 is 6.03 Å². The molecule has 3 rings (SSSR count). The molecule has 1 aliphatic rings. The third kappa shape index (κ3) is 5.54. The van der Waals surface area contributed by atoms with Crippen molar-refractivity contribution >= 4 is 27.5 Å². The number of benzene rings is 1. The summed E-state index contributed by atoms with van der Waals surface area (Å²) in [6, 6.07) is 9.28. The van der Waals surface area contributed by atoms with Crippen LogP contribution in [0.25, 0.3) is 0 Å². The van der Waals surface area contributed by atoms with E-state index in [1.807, 2.05) is 6.07 Å². The third-order valence-corrected chi connectivity index (χ3v) is 7.08. The Morgan fingerprint density at radius 1 is 1.14 bits per heavy atom. The topological polar surface area (TPSA) is 117 Å². The van der Waals surface area contributed by atoms with E-state index in [2.05, 4.69) is 20.9 Å². The van der Waals surface area contributed by atoms with Crippen LogP contribution in [-0.4, -0.2) is 36.6 Å². The monoisotopic (exact) mass is 416 g/mol. The maximum atomic E-state index is 12.8. The summed E-state index contributed by atoms with van der Waals surface area (Å²) in [5.74, 6) is -0.148. The molecule has 2 aromatic rings. The number of urea groups is 1. The minimum atomic E-state index is -3.49. The van der Waals surface area contributed by atoms with Crippen molar-refractivity contribution in [2.75, 3.05) is 5.32 Å². The number of nitrogens with zero attached hydrogens (tertiary/aromatic N) is 1. The Labute approximate surface area is 170 Å². The minimum Gasteiger partial charge on any atom is -0.354 e. The number of pyridine rings is 1. The Hall–Kier alpha value is -2.94. The summed E-state index contributed by atoms with van der Waals surface area (Å²) in [5.41, 5.74) is 1.37. The number of sulfone groups is 1. The molecule has 3 N–H and O–H groups in total. The summed E-state index contributed by atoms with van der Waals surface area (Å²) in [6.45, 7) is 1.77. The average Bonchev–Trinajstić information content (AvgIpc) is 3.16. The first-order valence-electron chi connectivity index (χ1n) is 9.39. The standard InChI is InChI=1S/C20H24N4O4S/c1-14(25)23-17-6-9-19(11-17)29(27,28)18-7-4-16(5-8-18)24-20(26)22-13-15-3-2-10-21-12-15/h2-5,7-8,10,12,17,19H,6,9,11,13H2,1H3,(H,23,25)(H2,22,24,26)/t17-,19?/m1/s1. The fraction of sp³-hybridized carbons (Fsp3) is 0.350. The van der Waals surface area contributed by atoms with Gasteiger partial charge in [0, 0.05) is 37.6 Å². The second kappa shape index (κ2) is 9.04. The molecule has 0 radical (unpaired) electrons. The Morgan fingerprint density at radius 3 is 2.55 bits per heavy atom. The van der Waals surface area contributed by atoms with Gasteiger partial charge < -0.3 is 16.0 Å². The molecule has 1 aliphatic carbocycles. The lowest BCUT2D eigenvalue weighted by Crippen LogP contribution is -2.32. The van der Waals surface area contributed by atoms with E-state index in [0.29, 0.717) is 31.5 Å². The molecule has 29 heavy (non-hydrogen) atoms. The van der Waals surface area contributed by atoms with Crippen molar-refractivity contribution in [3.05, 3.63) is 54.4 Å². The van der Waals surface area contributed by atoms with Crippen molar-refractivity contribution in [3.8, 4) is 0 Å². The highest BCUT2D eigenvalue weighted by atomic mass is 32.2. The van der Waals surface area contributed by atoms with E-state index in [9.17, 15) is 18.0 Å². The number of carbonyl (C=O) groups is 2. The highest BCUT2D eigenvalue weighted by molar-refractivity contribution is 7.92. The molecular weight excluding hydrogens is 392 g/mol. The summed E-state index contributed by atoms with van der Waals surface area (Å²) in [7, 11) is -3.49. The van der Waals surface area contributed by atoms with Crippen LogP contribution in [0.15, 0.2) is 53.7 Å². The van der Waals surface area contributed by atoms with Gasteiger partial charge in [0.25, 0.3) is 0 Å². The van der Waals surface area contributed by atoms with Crippen LogP contribution in [0.3, 0.4) is 0 Å². The number of carbonyl (C=O) groups excluding carboxylic acids is 2. The molecule has 8 nitrogen and oxygen atoms in total. The fourth-order valence-corrected chi connectivity index (χ4v) is 5.25. The Bertz CT molecular complexity index is 962. The van der Waals surface area contributed by atoms with Gasteiger partial charge in [0.2, 0.25) is 5.91 Å². The van der Waals surface area contributed by atoms with Crippen molar-refractivity contribution in [1.82, 2.24) is 15.6 Å². The lowest BCUT2D eigenvalue weighted by atomic mass is 10.2. The van der Waals surface area contributed by atoms with Gasteiger partial charge in [-0.15, -0.1) is 0 Å². The van der Waals surface area contributed by atoms with E-state index in [4.69, 9.17) is 0 Å². The van der Waals surface area contributed by atoms with Gasteiger partial charge in [-0.2, -0.15) is 0 Å². The van der Waals surface area contributed by atoms with Gasteiger partial charge in [0.05, 0.1) is 10.1 Å². The van der Waals surface area contributed by atoms with E-state index >= 15 is 0 Å². The molecule has 9 heteroatoms. The third-order valence-electron chi connectivity index (χ3n) is 4.85. The van der Waals surface area contributed by atoms with Crippen molar-refractivity contribution < 1.29 is 18.0 Å². The van der Waals surface area contributed by atoms with Crippen LogP contribution >= 0.6 is 0 Å². The van der Waals surface area contributed by atoms with Crippen LogP contribution in [0.1, 0.15) is 31.7 Å². The largest absolute Gasteiger partial charge is 0.354 e. The second-order valence-corrected chi connectivity index (χ2v) is 9.30. The Morgan fingerprint density at radius 2 is 1.90 bits per heavy atom. The molecule has 2 atom stereocenters. The van der Waals surface area contributed by atoms with E-state index in [-0.39, 0.29) is 16.8 Å². The predicted molar refractivity (Wildman–Crippen MR) is 109 cm³/mol. The number of hydrogen-bond donors (Lipinski definition) is 3. The zero-order chi connectivity index (χ0) is 20.9. The van der Waals surface area contributed by atoms with Crippen molar-refractivity contribution in [2.45, 2.75) is 48.9 Å². The van der Waals surface area contributed by atoms with E-state index in [1.165, 1.54) is 19.1 Å². The Balaban J connectivity index is 1.56. The number of anilines is 1. The SMILES string of the molecule is CC(=O)N[C@@H]1CCC(S(=O)(=O)c2ccc(NC(=O)NCc3cccnc3)cc2)C1. The molecule has 0 spiro atoms. The Kier molecular flexibility index (Phi) is 6.48. The molecule has 1 fully saturated rings. The van der Waals surface area contributed by atoms with E-state index in [0.717, 1.165) is 5.56 Å². The molecule has 0 saturated heterocycles. The van der Waals surface area contributed by atoms with Crippen LogP contribution in [0, 0.1) is 0 Å². The maximum absolute atomic E-state index is 12.8. The van der Waals surface area contributed by atoms with E-state index < -0.39 is 21.1 Å². The number of hydrogen-bond acceptors (Lipinski definition) is 5. The highest BCUT2D eigenvalue weighted by Gasteiger charge is 2.35. The molecule has 1 aromatic carbocycles. The number of aromatic nitrogens is 1. The van der Waals surface area contributed by atoms with Gasteiger partial charge in [-0.25, -0.2) is 13.2 Å². The van der Waals surface area contributed by atoms with Crippen LogP contribution in [0.2, 0.25) is 0 Å². The lowest BCUT2D eigenvalue weighted by molar-refractivity contribution is -0.119. The van der Waals surface area contributed by atoms with Crippen molar-refractivity contribution in [2.24, 2.45) is 0 Å². The van der Waals surface area contributed by atoms with Gasteiger partial charge in [0.1, 0.15) is 0 Å². The number of rotatable bonds is 6. The van der Waals surface area contributed by atoms with Crippen LogP contribution < -0.4 is 16.0 Å². The van der Waals surface area contributed by atoms with Gasteiger partial charge in [-0.05, 0) is 55.2 Å². The first-order valence-corrected chi connectivity index (χ1v) is 10.9. The van der Waals surface area contributed by atoms with Crippen LogP contribution in [0.5, 0.6) is 0 Å². The normalized spacial score (nSPS) is 18.8. The summed E-state index contributed by atoms with van der Waals surface area (Å²) in [4.78, 5) is 27.4. The summed E-state index contributed by atoms with van der Waals surface area (Å²) < 4.78 is 25.7. The van der Waals surface area contributed by atoms with Gasteiger partial charge in [-0.3, -0.25) is 9.78 Å². The molecule has 154 valence electrons. The highest BCUT2D eigenvalue weighted by Crippen LogP contribution is 2.30. The van der Waals surface area contributed by atoms with Crippen LogP contribution in [0.4, 0.5) is 10.5 Å². The average molecular weight is 417 g/mol. The minimum absolute atomic E-state index is 0.100. The fourth-order valence-electron chi connectivity index (χ4n) is 3.42. The summed E-state index contributed by atoms with van der Waals surface area (Å²) >= 11 is 0. The van der Waals surface area contributed by atoms with Gasteiger partial charge in [0.15, 0.2) is 9.84 Å². The zero-order valence-electron chi connectivity index (χ0n) is 16.1. The van der Waals surface area contributed by atoms with Gasteiger partial charge in [-0.1, -0.05) is 6.07 Å². The van der Waals surface area contributed by atoms with Crippen molar-refractivity contribution in [3.63, 3.8) is 0 Å². The first-order chi connectivity index (χ1) is 13.8. The summed E-state index contributed by atoms with van der Waals surface area (Å²) in [6.07, 6.45) is 4.91. The summed E-state index contributed by atoms with van der Waals surface area (Å²) in [5, 5.41) is 7.67. The molecule has 1 aromatic heterocycles. The molecule has 1 heterocycles. The molecule has 1 saturated carbocycles. The first kappa shape index (κ1) is 20.8. The van der Waals surface area contributed by atoms with Crippen LogP contribution in [-0.2, 0) is 21.2 Å². The predicted octanol–water partition coefficient (Wildman–Crippen LogP) is 2.23. The smallest absolute Gasteiger partial charge is 0.319 e. The number of nitrogens with one attached hydrogen (secondary N) is 3. The quantitative estimate of drug-likeness (QED) is 0.668. The molecule has 0 bridgehead atoms. The molecule has 3 amide bonds. The molecular formula is C20H24N4O4S. The number of amides is 3. The van der Waals surface area contributed by atoms with E-state index in [1.54, 1.807) is 30.6 Å². The maximum Gasteiger partial charge on any atom is 0.319 e. The molecule has 1 unspecified atom stereocenters. The molecule has 0 aliphatic heterocycles. The lowest BCUT2D eigenvalue weighted by Gasteiger charge is -2.14. The van der Waals surface area contributed by atoms with Crippen molar-refractivity contribution in [1.29, 1.82) is 0 Å². The second-order valence-electron chi connectivity index (χ2n) is 7.07.